The zero-order valence-corrected chi connectivity index (χ0v) is 25.5. The van der Waals surface area contributed by atoms with Gasteiger partial charge in [-0.15, -0.1) is 0 Å². The van der Waals surface area contributed by atoms with E-state index in [0.717, 1.165) is 52.1 Å². The minimum Gasteiger partial charge on any atom is -0.495 e. The number of anilines is 1. The normalized spacial score (nSPS) is 24.7. The molecule has 0 bridgehead atoms. The van der Waals surface area contributed by atoms with E-state index in [9.17, 15) is 14.4 Å². The first-order valence-electron chi connectivity index (χ1n) is 15.3. The van der Waals surface area contributed by atoms with Gasteiger partial charge in [0.15, 0.2) is 12.1 Å². The van der Waals surface area contributed by atoms with Gasteiger partial charge in [0.1, 0.15) is 12.3 Å². The number of carbonyl (C=O) groups excluding carboxylic acids is 3. The van der Waals surface area contributed by atoms with Crippen LogP contribution in [0.4, 0.5) is 5.69 Å². The second-order valence-corrected chi connectivity index (χ2v) is 12.0. The molecule has 45 heavy (non-hydrogen) atoms. The maximum absolute atomic E-state index is 14.2. The number of imide groups is 1. The number of benzene rings is 3. The Morgan fingerprint density at radius 3 is 2.38 bits per heavy atom. The smallest absolute Gasteiger partial charge is 0.264 e. The first kappa shape index (κ1) is 28.6. The lowest BCUT2D eigenvalue weighted by Crippen LogP contribution is -2.45. The first-order valence-corrected chi connectivity index (χ1v) is 15.3. The van der Waals surface area contributed by atoms with Crippen molar-refractivity contribution < 1.29 is 19.1 Å². The molecule has 10 heteroatoms. The van der Waals surface area contributed by atoms with Gasteiger partial charge in [-0.05, 0) is 68.0 Å². The molecular weight excluding hydrogens is 568 g/mol. The van der Waals surface area contributed by atoms with E-state index < -0.39 is 23.9 Å². The van der Waals surface area contributed by atoms with Crippen LogP contribution in [0.2, 0.25) is 0 Å². The summed E-state index contributed by atoms with van der Waals surface area (Å²) in [5.41, 5.74) is 6.83. The lowest BCUT2D eigenvalue weighted by molar-refractivity contribution is -0.136. The van der Waals surface area contributed by atoms with E-state index in [2.05, 4.69) is 71.9 Å². The summed E-state index contributed by atoms with van der Waals surface area (Å²) >= 11 is 0. The molecule has 1 saturated heterocycles. The van der Waals surface area contributed by atoms with E-state index in [1.807, 2.05) is 6.92 Å². The highest BCUT2D eigenvalue weighted by atomic mass is 16.5. The van der Waals surface area contributed by atoms with Gasteiger partial charge >= 0.3 is 0 Å². The second-order valence-electron chi connectivity index (χ2n) is 12.0. The summed E-state index contributed by atoms with van der Waals surface area (Å²) < 4.78 is 5.40. The number of ether oxygens (including phenoxy) is 1. The Labute approximate surface area is 261 Å². The van der Waals surface area contributed by atoms with Crippen molar-refractivity contribution in [2.24, 2.45) is 21.4 Å². The van der Waals surface area contributed by atoms with Gasteiger partial charge in [-0.25, -0.2) is 9.91 Å². The number of para-hydroxylation sites is 2. The molecular formula is C35H34N6O4. The molecule has 0 radical (unpaired) electrons. The van der Waals surface area contributed by atoms with Gasteiger partial charge in [0, 0.05) is 5.92 Å². The SMILES string of the molecule is COc1ccccc1N1C(=O)[C@@H]2N=NN(CC(=O)N3N=C4/C(=C/c5ccc(C)cc5)CCC[C@@H]4[C@H]3c3ccc(C)cc3)[C@H]2C1=O. The molecule has 3 aromatic carbocycles. The van der Waals surface area contributed by atoms with Crippen molar-refractivity contribution >= 4 is 35.2 Å². The Kier molecular flexibility index (Phi) is 7.27. The minimum atomic E-state index is -1.03. The molecule has 0 N–H and O–H groups in total. The van der Waals surface area contributed by atoms with E-state index >= 15 is 0 Å². The molecule has 10 nitrogen and oxygen atoms in total. The van der Waals surface area contributed by atoms with Gasteiger partial charge in [-0.1, -0.05) is 77.0 Å². The van der Waals surface area contributed by atoms with Crippen LogP contribution < -0.4 is 9.64 Å². The van der Waals surface area contributed by atoms with E-state index in [4.69, 9.17) is 9.84 Å². The maximum atomic E-state index is 14.2. The third-order valence-electron chi connectivity index (χ3n) is 9.08. The van der Waals surface area contributed by atoms with Crippen molar-refractivity contribution in [2.45, 2.75) is 51.2 Å². The number of nitrogens with zero attached hydrogens (tertiary/aromatic N) is 6. The van der Waals surface area contributed by atoms with E-state index in [1.165, 1.54) is 17.7 Å². The molecule has 7 rings (SSSR count). The second kappa shape index (κ2) is 11.4. The number of aryl methyl sites for hydroxylation is 2. The number of rotatable bonds is 6. The van der Waals surface area contributed by atoms with Gasteiger partial charge < -0.3 is 4.74 Å². The Bertz CT molecular complexity index is 1760. The summed E-state index contributed by atoms with van der Waals surface area (Å²) in [6, 6.07) is 21.1. The number of carbonyl (C=O) groups is 3. The Balaban J connectivity index is 1.19. The molecule has 0 aromatic heterocycles. The zero-order chi connectivity index (χ0) is 31.2. The molecule has 4 aliphatic rings. The quantitative estimate of drug-likeness (QED) is 0.350. The fourth-order valence-corrected chi connectivity index (χ4v) is 6.78. The zero-order valence-electron chi connectivity index (χ0n) is 25.5. The largest absolute Gasteiger partial charge is 0.495 e. The molecule has 1 aliphatic carbocycles. The lowest BCUT2D eigenvalue weighted by Gasteiger charge is -2.30. The summed E-state index contributed by atoms with van der Waals surface area (Å²) in [6.07, 6.45) is 4.96. The summed E-state index contributed by atoms with van der Waals surface area (Å²) in [7, 11) is 1.48. The molecule has 228 valence electrons. The number of fused-ring (bicyclic) bond motifs is 2. The summed E-state index contributed by atoms with van der Waals surface area (Å²) in [5.74, 6) is -0.876. The first-order chi connectivity index (χ1) is 21.8. The van der Waals surface area contributed by atoms with Gasteiger partial charge in [0.25, 0.3) is 17.7 Å². The van der Waals surface area contributed by atoms with Crippen molar-refractivity contribution in [1.82, 2.24) is 10.0 Å². The van der Waals surface area contributed by atoms with Crippen LogP contribution in [0.1, 0.15) is 47.6 Å². The Morgan fingerprint density at radius 1 is 0.933 bits per heavy atom. The average Bonchev–Trinajstić information content (AvgIpc) is 3.72. The number of methoxy groups -OCH3 is 1. The third-order valence-corrected chi connectivity index (χ3v) is 9.08. The number of hydrogen-bond acceptors (Lipinski definition) is 8. The molecule has 4 atom stereocenters. The molecule has 3 aliphatic heterocycles. The van der Waals surface area contributed by atoms with Gasteiger partial charge in [-0.3, -0.25) is 19.4 Å². The van der Waals surface area contributed by atoms with Crippen LogP contribution in [0, 0.1) is 19.8 Å². The van der Waals surface area contributed by atoms with Crippen LogP contribution in [-0.2, 0) is 14.4 Å². The maximum Gasteiger partial charge on any atom is 0.264 e. The monoisotopic (exact) mass is 602 g/mol. The summed E-state index contributed by atoms with van der Waals surface area (Å²) in [5, 5.41) is 16.2. The van der Waals surface area contributed by atoms with Crippen LogP contribution in [0.15, 0.2) is 93.8 Å². The Hall–Kier alpha value is -5.12. The van der Waals surface area contributed by atoms with Crippen LogP contribution in [0.5, 0.6) is 5.75 Å². The van der Waals surface area contributed by atoms with E-state index in [-0.39, 0.29) is 24.4 Å². The predicted octanol–water partition coefficient (Wildman–Crippen LogP) is 5.43. The highest BCUT2D eigenvalue weighted by molar-refractivity contribution is 6.26. The highest BCUT2D eigenvalue weighted by Crippen LogP contribution is 2.45. The standard InChI is InChI=1S/C35H34N6O4/c1-21-11-15-23(16-12-21)19-25-7-6-8-26-30(25)37-41(32(26)24-17-13-22(2)14-18-24)29(42)20-39-33-31(36-38-39)34(43)40(35(33)44)27-9-4-5-10-28(27)45-3/h4-5,9-19,26,31-33H,6-8,20H2,1-3H3/b25-19+/t26-,31+,32+,33+/m0/s1. The van der Waals surface area contributed by atoms with Crippen molar-refractivity contribution in [1.29, 1.82) is 0 Å². The van der Waals surface area contributed by atoms with Crippen molar-refractivity contribution in [2.75, 3.05) is 18.6 Å². The van der Waals surface area contributed by atoms with Crippen LogP contribution >= 0.6 is 0 Å². The summed E-state index contributed by atoms with van der Waals surface area (Å²) in [6.45, 7) is 3.86. The Morgan fingerprint density at radius 2 is 1.64 bits per heavy atom. The number of allylic oxidation sites excluding steroid dienone is 1. The van der Waals surface area contributed by atoms with Gasteiger partial charge in [-0.2, -0.15) is 10.2 Å². The molecule has 0 spiro atoms. The topological polar surface area (TPSA) is 107 Å². The highest BCUT2D eigenvalue weighted by Gasteiger charge is 2.56. The van der Waals surface area contributed by atoms with E-state index in [1.54, 1.807) is 29.3 Å². The van der Waals surface area contributed by atoms with Crippen LogP contribution in [0.3, 0.4) is 0 Å². The average molecular weight is 603 g/mol. The molecule has 2 fully saturated rings. The molecule has 0 unspecified atom stereocenters. The third kappa shape index (κ3) is 5.00. The number of hydrazone groups is 1. The lowest BCUT2D eigenvalue weighted by atomic mass is 9.77. The number of amides is 3. The van der Waals surface area contributed by atoms with Crippen molar-refractivity contribution in [3.05, 3.63) is 101 Å². The fourth-order valence-electron chi connectivity index (χ4n) is 6.78. The molecule has 3 aromatic rings. The molecule has 3 amide bonds. The summed E-state index contributed by atoms with van der Waals surface area (Å²) in [4.78, 5) is 42.2. The minimum absolute atomic E-state index is 0.0331. The van der Waals surface area contributed by atoms with Crippen molar-refractivity contribution in [3.63, 3.8) is 0 Å². The van der Waals surface area contributed by atoms with Gasteiger partial charge in [0.2, 0.25) is 0 Å². The van der Waals surface area contributed by atoms with Crippen LogP contribution in [0.25, 0.3) is 6.08 Å². The number of hydrogen-bond donors (Lipinski definition) is 0. The molecule has 3 heterocycles. The fraction of sp³-hybridized carbons (Fsp3) is 0.314. The molecule has 1 saturated carbocycles. The van der Waals surface area contributed by atoms with Crippen LogP contribution in [-0.4, -0.2) is 59.2 Å². The van der Waals surface area contributed by atoms with Gasteiger partial charge in [0.05, 0.1) is 24.6 Å². The van der Waals surface area contributed by atoms with Crippen molar-refractivity contribution in [3.8, 4) is 5.75 Å². The van der Waals surface area contributed by atoms with E-state index in [0.29, 0.717) is 11.4 Å². The predicted molar refractivity (Wildman–Crippen MR) is 169 cm³/mol.